The van der Waals surface area contributed by atoms with Gasteiger partial charge in [0.05, 0.1) is 0 Å². The molecular weight excluding hydrogens is 272 g/mol. The fourth-order valence-corrected chi connectivity index (χ4v) is 0.0634. The van der Waals surface area contributed by atoms with Gasteiger partial charge in [0.1, 0.15) is 6.07 Å². The maximum Gasteiger partial charge on any atom is 0.468 e. The van der Waals surface area contributed by atoms with Gasteiger partial charge in [-0.1, -0.05) is 0 Å². The standard InChI is InChI=1S/C3F5N.HI/c4-2(5,1-9)3(6,7)8;/h;1H/p-1. The van der Waals surface area contributed by atoms with Gasteiger partial charge < -0.3 is 24.0 Å². The number of halogens is 6. The molecule has 0 saturated carbocycles. The zero-order chi connectivity index (χ0) is 7.71. The molecule has 0 radical (unpaired) electrons. The van der Waals surface area contributed by atoms with Gasteiger partial charge in [0.15, 0.2) is 0 Å². The summed E-state index contributed by atoms with van der Waals surface area (Å²) in [6.45, 7) is 0. The van der Waals surface area contributed by atoms with E-state index in [-0.39, 0.29) is 30.0 Å². The second-order valence-corrected chi connectivity index (χ2v) is 1.18. The Bertz CT molecular complexity index is 144. The Morgan fingerprint density at radius 1 is 1.00 bits per heavy atom. The van der Waals surface area contributed by atoms with Crippen LogP contribution in [0.1, 0.15) is 0 Å². The molecule has 60 valence electrons. The van der Waals surface area contributed by atoms with Crippen LogP contribution in [0.4, 0.5) is 22.0 Å². The quantitative estimate of drug-likeness (QED) is 0.398. The summed E-state index contributed by atoms with van der Waals surface area (Å²) in [6.07, 6.45) is -5.75. The van der Waals surface area contributed by atoms with Gasteiger partial charge in [-0.25, -0.2) is 0 Å². The molecule has 0 saturated heterocycles. The van der Waals surface area contributed by atoms with Crippen LogP contribution in [-0.2, 0) is 0 Å². The number of nitriles is 1. The third kappa shape index (κ3) is 2.64. The van der Waals surface area contributed by atoms with E-state index in [4.69, 9.17) is 5.26 Å². The van der Waals surface area contributed by atoms with Crippen LogP contribution in [-0.4, -0.2) is 12.1 Å². The summed E-state index contributed by atoms with van der Waals surface area (Å²) < 4.78 is 54.9. The molecule has 0 unspecified atom stereocenters. The lowest BCUT2D eigenvalue weighted by atomic mass is 10.4. The molecule has 0 aromatic heterocycles. The Balaban J connectivity index is 0. The molecular formula is C3F5IN-. The van der Waals surface area contributed by atoms with E-state index in [1.54, 1.807) is 0 Å². The summed E-state index contributed by atoms with van der Waals surface area (Å²) in [7, 11) is 0. The number of rotatable bonds is 0. The molecule has 10 heavy (non-hydrogen) atoms. The average molecular weight is 272 g/mol. The summed E-state index contributed by atoms with van der Waals surface area (Å²) in [5.74, 6) is -5.22. The summed E-state index contributed by atoms with van der Waals surface area (Å²) >= 11 is 0. The number of hydrogen-bond donors (Lipinski definition) is 0. The molecule has 0 N–H and O–H groups in total. The third-order valence-electron chi connectivity index (χ3n) is 0.496. The SMILES string of the molecule is N#CC(F)(F)C(F)(F)F.[I-]. The first kappa shape index (κ1) is 12.5. The van der Waals surface area contributed by atoms with Crippen molar-refractivity contribution in [3.05, 3.63) is 0 Å². The minimum Gasteiger partial charge on any atom is -1.00 e. The monoisotopic (exact) mass is 272 g/mol. The Hall–Kier alpha value is -0.130. The van der Waals surface area contributed by atoms with E-state index in [2.05, 4.69) is 0 Å². The Labute approximate surface area is 69.8 Å². The third-order valence-corrected chi connectivity index (χ3v) is 0.496. The van der Waals surface area contributed by atoms with Gasteiger partial charge in [-0.2, -0.15) is 27.2 Å². The van der Waals surface area contributed by atoms with Gasteiger partial charge in [0.25, 0.3) is 0 Å². The van der Waals surface area contributed by atoms with E-state index in [0.29, 0.717) is 0 Å². The van der Waals surface area contributed by atoms with E-state index < -0.39 is 12.1 Å². The van der Waals surface area contributed by atoms with E-state index in [9.17, 15) is 22.0 Å². The van der Waals surface area contributed by atoms with Crippen molar-refractivity contribution < 1.29 is 45.9 Å². The molecule has 0 bridgehead atoms. The molecule has 0 spiro atoms. The van der Waals surface area contributed by atoms with Gasteiger partial charge in [0.2, 0.25) is 0 Å². The molecule has 0 rings (SSSR count). The second kappa shape index (κ2) is 3.32. The van der Waals surface area contributed by atoms with E-state index >= 15 is 0 Å². The summed E-state index contributed by atoms with van der Waals surface area (Å²) in [4.78, 5) is 0. The molecule has 0 aliphatic rings. The van der Waals surface area contributed by atoms with Crippen molar-refractivity contribution in [2.45, 2.75) is 12.1 Å². The highest BCUT2D eigenvalue weighted by molar-refractivity contribution is 4.97. The van der Waals surface area contributed by atoms with Crippen molar-refractivity contribution in [2.24, 2.45) is 0 Å². The highest BCUT2D eigenvalue weighted by atomic mass is 127. The molecule has 0 amide bonds. The first-order valence-electron chi connectivity index (χ1n) is 1.67. The molecule has 0 aromatic rings. The molecule has 1 nitrogen and oxygen atoms in total. The minimum absolute atomic E-state index is 0. The molecule has 0 fully saturated rings. The zero-order valence-corrected chi connectivity index (χ0v) is 6.37. The Morgan fingerprint density at radius 2 is 1.30 bits per heavy atom. The highest BCUT2D eigenvalue weighted by Crippen LogP contribution is 2.34. The second-order valence-electron chi connectivity index (χ2n) is 1.18. The van der Waals surface area contributed by atoms with E-state index in [1.807, 2.05) is 0 Å². The largest absolute Gasteiger partial charge is 1.00 e. The number of nitrogens with zero attached hydrogens (tertiary/aromatic N) is 1. The average Bonchev–Trinajstić information content (AvgIpc) is 1.64. The normalized spacial score (nSPS) is 11.6. The van der Waals surface area contributed by atoms with Crippen LogP contribution < -0.4 is 24.0 Å². The predicted octanol–water partition coefficient (Wildman–Crippen LogP) is -1.29. The summed E-state index contributed by atoms with van der Waals surface area (Å²) in [5, 5.41) is 7.21. The first-order valence-corrected chi connectivity index (χ1v) is 1.67. The van der Waals surface area contributed by atoms with Crippen molar-refractivity contribution in [2.75, 3.05) is 0 Å². The molecule has 0 heterocycles. The van der Waals surface area contributed by atoms with Crippen molar-refractivity contribution in [1.82, 2.24) is 0 Å². The predicted molar refractivity (Wildman–Crippen MR) is 16.6 cm³/mol. The molecule has 7 heteroatoms. The van der Waals surface area contributed by atoms with Crippen molar-refractivity contribution in [3.8, 4) is 6.07 Å². The minimum atomic E-state index is -5.75. The maximum atomic E-state index is 11.2. The highest BCUT2D eigenvalue weighted by Gasteiger charge is 2.58. The lowest BCUT2D eigenvalue weighted by Gasteiger charge is -2.09. The zero-order valence-electron chi connectivity index (χ0n) is 4.22. The van der Waals surface area contributed by atoms with Crippen LogP contribution in [0.3, 0.4) is 0 Å². The van der Waals surface area contributed by atoms with Crippen LogP contribution in [0.15, 0.2) is 0 Å². The van der Waals surface area contributed by atoms with Crippen molar-refractivity contribution in [1.29, 1.82) is 5.26 Å². The van der Waals surface area contributed by atoms with E-state index in [1.165, 1.54) is 0 Å². The smallest absolute Gasteiger partial charge is 0.468 e. The van der Waals surface area contributed by atoms with Gasteiger partial charge in [-0.15, -0.1) is 0 Å². The van der Waals surface area contributed by atoms with Gasteiger partial charge >= 0.3 is 12.1 Å². The van der Waals surface area contributed by atoms with E-state index in [0.717, 1.165) is 0 Å². The van der Waals surface area contributed by atoms with Gasteiger partial charge in [-0.3, -0.25) is 0 Å². The summed E-state index contributed by atoms with van der Waals surface area (Å²) in [6, 6.07) is -0.177. The molecule has 0 aliphatic carbocycles. The fourth-order valence-electron chi connectivity index (χ4n) is 0.0634. The topological polar surface area (TPSA) is 23.8 Å². The van der Waals surface area contributed by atoms with Crippen LogP contribution in [0.25, 0.3) is 0 Å². The lowest BCUT2D eigenvalue weighted by Crippen LogP contribution is -3.00. The summed E-state index contributed by atoms with van der Waals surface area (Å²) in [5.41, 5.74) is 0. The Morgan fingerprint density at radius 3 is 1.30 bits per heavy atom. The lowest BCUT2D eigenvalue weighted by molar-refractivity contribution is -0.255. The first-order chi connectivity index (χ1) is 3.81. The van der Waals surface area contributed by atoms with Crippen LogP contribution >= 0.6 is 0 Å². The number of alkyl halides is 5. The van der Waals surface area contributed by atoms with Crippen LogP contribution in [0.5, 0.6) is 0 Å². The molecule has 0 aromatic carbocycles. The molecule has 0 aliphatic heterocycles. The van der Waals surface area contributed by atoms with Crippen LogP contribution in [0.2, 0.25) is 0 Å². The van der Waals surface area contributed by atoms with Crippen LogP contribution in [0, 0.1) is 11.3 Å². The van der Waals surface area contributed by atoms with Gasteiger partial charge in [-0.05, 0) is 0 Å². The Kier molecular flexibility index (Phi) is 4.16. The van der Waals surface area contributed by atoms with Crippen molar-refractivity contribution in [3.63, 3.8) is 0 Å². The fraction of sp³-hybridized carbons (Fsp3) is 0.667. The van der Waals surface area contributed by atoms with Gasteiger partial charge in [0, 0.05) is 0 Å². The maximum absolute atomic E-state index is 11.2. The number of hydrogen-bond acceptors (Lipinski definition) is 1. The molecule has 0 atom stereocenters. The van der Waals surface area contributed by atoms with Crippen molar-refractivity contribution >= 4 is 0 Å².